The van der Waals surface area contributed by atoms with E-state index in [9.17, 15) is 4.79 Å². The molecule has 0 aliphatic heterocycles. The lowest BCUT2D eigenvalue weighted by molar-refractivity contribution is 0.262. The topological polar surface area (TPSA) is 90.6 Å². The highest BCUT2D eigenvalue weighted by atomic mass is 16.2. The van der Waals surface area contributed by atoms with E-state index in [0.717, 1.165) is 11.4 Å². The van der Waals surface area contributed by atoms with Gasteiger partial charge in [-0.15, -0.1) is 0 Å². The number of azo groups is 2. The molecule has 112 valence electrons. The van der Waals surface area contributed by atoms with Crippen LogP contribution < -0.4 is 10.6 Å². The lowest BCUT2D eigenvalue weighted by atomic mass is 10.3. The van der Waals surface area contributed by atoms with E-state index in [0.29, 0.717) is 11.4 Å². The van der Waals surface area contributed by atoms with Crippen LogP contribution in [0, 0.1) is 0 Å². The fraction of sp³-hybridized carbons (Fsp3) is 0.133. The van der Waals surface area contributed by atoms with Crippen molar-refractivity contribution in [1.29, 1.82) is 0 Å². The quantitative estimate of drug-likeness (QED) is 0.782. The minimum Gasteiger partial charge on any atom is -0.308 e. The minimum atomic E-state index is -0.324. The molecule has 7 heteroatoms. The highest BCUT2D eigenvalue weighted by molar-refractivity contribution is 5.99. The van der Waals surface area contributed by atoms with Crippen molar-refractivity contribution in [1.82, 2.24) is 0 Å². The third-order valence-corrected chi connectivity index (χ3v) is 2.68. The summed E-state index contributed by atoms with van der Waals surface area (Å²) in [5.74, 6) is 0. The molecule has 0 bridgehead atoms. The van der Waals surface area contributed by atoms with Gasteiger partial charge in [-0.3, -0.25) is 0 Å². The summed E-state index contributed by atoms with van der Waals surface area (Å²) >= 11 is 0. The number of rotatable bonds is 4. The highest BCUT2D eigenvalue weighted by Crippen LogP contribution is 2.18. The summed E-state index contributed by atoms with van der Waals surface area (Å²) in [5.41, 5.74) is 2.80. The molecule has 0 fully saturated rings. The van der Waals surface area contributed by atoms with Gasteiger partial charge in [0.25, 0.3) is 0 Å². The Morgan fingerprint density at radius 1 is 0.727 bits per heavy atom. The predicted octanol–water partition coefficient (Wildman–Crippen LogP) is 4.76. The zero-order valence-corrected chi connectivity index (χ0v) is 12.3. The van der Waals surface area contributed by atoms with Gasteiger partial charge in [0, 0.05) is 25.5 Å². The van der Waals surface area contributed by atoms with Crippen LogP contribution in [0.25, 0.3) is 0 Å². The predicted molar refractivity (Wildman–Crippen MR) is 86.4 cm³/mol. The molecule has 0 aliphatic carbocycles. The third-order valence-electron chi connectivity index (χ3n) is 2.68. The summed E-state index contributed by atoms with van der Waals surface area (Å²) in [6, 6.07) is 13.8. The molecule has 0 aromatic heterocycles. The lowest BCUT2D eigenvalue weighted by Crippen LogP contribution is -2.19. The molecule has 0 unspecified atom stereocenters. The maximum atomic E-state index is 11.9. The molecule has 2 N–H and O–H groups in total. The van der Waals surface area contributed by atoms with Crippen molar-refractivity contribution >= 4 is 28.8 Å². The second kappa shape index (κ2) is 7.63. The molecule has 0 saturated heterocycles. The highest BCUT2D eigenvalue weighted by Gasteiger charge is 2.03. The van der Waals surface area contributed by atoms with Gasteiger partial charge in [0.1, 0.15) is 0 Å². The number of hydrogen-bond donors (Lipinski definition) is 2. The van der Waals surface area contributed by atoms with Crippen molar-refractivity contribution in [2.75, 3.05) is 24.7 Å². The zero-order valence-electron chi connectivity index (χ0n) is 12.3. The fourth-order valence-electron chi connectivity index (χ4n) is 1.75. The minimum absolute atomic E-state index is 0.324. The van der Waals surface area contributed by atoms with E-state index in [1.54, 1.807) is 62.6 Å². The van der Waals surface area contributed by atoms with Gasteiger partial charge in [-0.2, -0.15) is 20.5 Å². The average molecular weight is 296 g/mol. The lowest BCUT2D eigenvalue weighted by Gasteiger charge is -2.07. The summed E-state index contributed by atoms with van der Waals surface area (Å²) in [5, 5.41) is 20.6. The van der Waals surface area contributed by atoms with Crippen molar-refractivity contribution in [3.05, 3.63) is 48.5 Å². The van der Waals surface area contributed by atoms with Crippen LogP contribution in [0.2, 0.25) is 0 Å². The number of hydrogen-bond acceptors (Lipinski definition) is 5. The second-order valence-corrected chi connectivity index (χ2v) is 4.27. The summed E-state index contributed by atoms with van der Waals surface area (Å²) in [7, 11) is 3.21. The summed E-state index contributed by atoms with van der Waals surface area (Å²) in [6.07, 6.45) is 0. The van der Waals surface area contributed by atoms with Gasteiger partial charge in [0.05, 0.1) is 11.4 Å². The normalized spacial score (nSPS) is 11.0. The van der Waals surface area contributed by atoms with Gasteiger partial charge in [-0.1, -0.05) is 0 Å². The summed E-state index contributed by atoms with van der Waals surface area (Å²) in [4.78, 5) is 11.9. The number of carbonyl (C=O) groups excluding carboxylic acids is 1. The number of nitrogens with one attached hydrogen (secondary N) is 2. The number of urea groups is 1. The molecule has 7 nitrogen and oxygen atoms in total. The second-order valence-electron chi connectivity index (χ2n) is 4.27. The van der Waals surface area contributed by atoms with Crippen LogP contribution in [0.15, 0.2) is 69.0 Å². The van der Waals surface area contributed by atoms with Crippen LogP contribution in [0.4, 0.5) is 27.5 Å². The van der Waals surface area contributed by atoms with Crippen LogP contribution in [-0.2, 0) is 0 Å². The first kappa shape index (κ1) is 15.3. The maximum absolute atomic E-state index is 11.9. The monoisotopic (exact) mass is 296 g/mol. The largest absolute Gasteiger partial charge is 0.323 e. The molecule has 0 radical (unpaired) electrons. The van der Waals surface area contributed by atoms with Gasteiger partial charge in [0.2, 0.25) is 0 Å². The van der Waals surface area contributed by atoms with E-state index in [4.69, 9.17) is 0 Å². The molecular formula is C15H16N6O. The Hall–Kier alpha value is -3.09. The Balaban J connectivity index is 1.94. The Labute approximate surface area is 128 Å². The molecule has 2 amide bonds. The summed E-state index contributed by atoms with van der Waals surface area (Å²) < 4.78 is 0. The van der Waals surface area contributed by atoms with Gasteiger partial charge in [-0.25, -0.2) is 4.79 Å². The molecule has 0 saturated carbocycles. The standard InChI is InChI=1S/C15H16N6O/c1-16-20-13-7-3-11(4-8-13)18-15(22)19-12-5-9-14(10-6-12)21-17-2/h3-10H,1-2H3,(H2,18,19,22). The van der Waals surface area contributed by atoms with E-state index >= 15 is 0 Å². The van der Waals surface area contributed by atoms with Crippen LogP contribution in [0.5, 0.6) is 0 Å². The van der Waals surface area contributed by atoms with Gasteiger partial charge >= 0.3 is 6.03 Å². The maximum Gasteiger partial charge on any atom is 0.323 e. The van der Waals surface area contributed by atoms with Crippen molar-refractivity contribution in [3.63, 3.8) is 0 Å². The number of anilines is 2. The molecule has 2 aromatic carbocycles. The van der Waals surface area contributed by atoms with Crippen LogP contribution >= 0.6 is 0 Å². The van der Waals surface area contributed by atoms with E-state index in [1.165, 1.54) is 0 Å². The van der Waals surface area contributed by atoms with Crippen LogP contribution in [0.1, 0.15) is 0 Å². The third kappa shape index (κ3) is 4.48. The Morgan fingerprint density at radius 2 is 1.09 bits per heavy atom. The Kier molecular flexibility index (Phi) is 5.31. The van der Waals surface area contributed by atoms with E-state index < -0.39 is 0 Å². The first-order valence-corrected chi connectivity index (χ1v) is 6.59. The van der Waals surface area contributed by atoms with Crippen molar-refractivity contribution < 1.29 is 4.79 Å². The van der Waals surface area contributed by atoms with Gasteiger partial charge in [0.15, 0.2) is 0 Å². The van der Waals surface area contributed by atoms with Crippen LogP contribution in [-0.4, -0.2) is 20.1 Å². The van der Waals surface area contributed by atoms with Crippen molar-refractivity contribution in [3.8, 4) is 0 Å². The number of benzene rings is 2. The van der Waals surface area contributed by atoms with Gasteiger partial charge < -0.3 is 10.6 Å². The molecule has 22 heavy (non-hydrogen) atoms. The zero-order chi connectivity index (χ0) is 15.8. The fourth-order valence-corrected chi connectivity index (χ4v) is 1.75. The molecule has 0 aliphatic rings. The number of nitrogens with zero attached hydrogens (tertiary/aromatic N) is 4. The molecular weight excluding hydrogens is 280 g/mol. The van der Waals surface area contributed by atoms with E-state index in [-0.39, 0.29) is 6.03 Å². The molecule has 0 heterocycles. The summed E-state index contributed by atoms with van der Waals surface area (Å²) in [6.45, 7) is 0. The first-order chi connectivity index (χ1) is 10.7. The number of amides is 2. The Morgan fingerprint density at radius 3 is 1.41 bits per heavy atom. The van der Waals surface area contributed by atoms with E-state index in [2.05, 4.69) is 31.1 Å². The molecule has 2 rings (SSSR count). The smallest absolute Gasteiger partial charge is 0.308 e. The average Bonchev–Trinajstić information content (AvgIpc) is 2.52. The van der Waals surface area contributed by atoms with Crippen molar-refractivity contribution in [2.45, 2.75) is 0 Å². The number of carbonyl (C=O) groups is 1. The van der Waals surface area contributed by atoms with E-state index in [1.807, 2.05) is 0 Å². The first-order valence-electron chi connectivity index (χ1n) is 6.59. The Bertz CT molecular complexity index is 617. The van der Waals surface area contributed by atoms with Crippen molar-refractivity contribution in [2.24, 2.45) is 20.5 Å². The van der Waals surface area contributed by atoms with Crippen LogP contribution in [0.3, 0.4) is 0 Å². The molecule has 2 aromatic rings. The molecule has 0 atom stereocenters. The van der Waals surface area contributed by atoms with Gasteiger partial charge in [-0.05, 0) is 48.5 Å². The SMILES string of the molecule is CN=Nc1ccc(NC(=O)Nc2ccc(N=NC)cc2)cc1. The molecule has 0 spiro atoms.